The highest BCUT2D eigenvalue weighted by Gasteiger charge is 2.15. The molecule has 0 saturated heterocycles. The summed E-state index contributed by atoms with van der Waals surface area (Å²) < 4.78 is 0. The summed E-state index contributed by atoms with van der Waals surface area (Å²) in [5.74, 6) is 0.229. The predicted octanol–water partition coefficient (Wildman–Crippen LogP) is 4.18. The number of carbonyl (C=O) groups is 1. The number of nitrogens with two attached hydrogens (primary N) is 1. The number of benzene rings is 2. The topological polar surface area (TPSA) is 55.1 Å². The summed E-state index contributed by atoms with van der Waals surface area (Å²) in [6.07, 6.45) is 0. The first kappa shape index (κ1) is 18.2. The zero-order valence-electron chi connectivity index (χ0n) is 13.2. The average Bonchev–Trinajstić information content (AvgIpc) is 2.47. The lowest BCUT2D eigenvalue weighted by Crippen LogP contribution is -2.27. The highest BCUT2D eigenvalue weighted by Crippen LogP contribution is 2.20. The van der Waals surface area contributed by atoms with Gasteiger partial charge in [-0.3, -0.25) is 4.79 Å². The van der Waals surface area contributed by atoms with Crippen molar-refractivity contribution >= 4 is 24.0 Å². The second-order valence-electron chi connectivity index (χ2n) is 5.66. The van der Waals surface area contributed by atoms with E-state index in [1.165, 1.54) is 5.56 Å². The quantitative estimate of drug-likeness (QED) is 0.888. The summed E-state index contributed by atoms with van der Waals surface area (Å²) in [6, 6.07) is 14.9. The number of carbonyl (C=O) groups excluding carboxylic acids is 1. The lowest BCUT2D eigenvalue weighted by atomic mass is 10.0. The Hall–Kier alpha value is -1.84. The van der Waals surface area contributed by atoms with Crippen LogP contribution in [0.5, 0.6) is 0 Å². The van der Waals surface area contributed by atoms with Crippen LogP contribution in [0.25, 0.3) is 0 Å². The zero-order valence-corrected chi connectivity index (χ0v) is 14.0. The van der Waals surface area contributed by atoms with Gasteiger partial charge >= 0.3 is 0 Å². The van der Waals surface area contributed by atoms with Gasteiger partial charge in [-0.25, -0.2) is 0 Å². The lowest BCUT2D eigenvalue weighted by Gasteiger charge is -2.14. The molecule has 22 heavy (non-hydrogen) atoms. The van der Waals surface area contributed by atoms with E-state index in [0.717, 1.165) is 16.8 Å². The van der Waals surface area contributed by atoms with Crippen LogP contribution in [0.3, 0.4) is 0 Å². The molecule has 1 amide bonds. The van der Waals surface area contributed by atoms with E-state index in [1.54, 1.807) is 0 Å². The number of amides is 1. The second-order valence-corrected chi connectivity index (χ2v) is 5.66. The molecule has 118 valence electrons. The number of aryl methyl sites for hydroxylation is 1. The number of rotatable bonds is 4. The molecule has 0 aliphatic heterocycles. The van der Waals surface area contributed by atoms with Gasteiger partial charge in [-0.1, -0.05) is 55.8 Å². The van der Waals surface area contributed by atoms with Gasteiger partial charge in [-0.2, -0.15) is 0 Å². The van der Waals surface area contributed by atoms with Crippen LogP contribution in [-0.2, 0) is 4.79 Å². The van der Waals surface area contributed by atoms with Crippen molar-refractivity contribution in [1.29, 1.82) is 0 Å². The van der Waals surface area contributed by atoms with Crippen molar-refractivity contribution in [2.24, 2.45) is 5.73 Å². The third-order valence-electron chi connectivity index (χ3n) is 3.54. The highest BCUT2D eigenvalue weighted by molar-refractivity contribution is 5.95. The molecule has 0 bridgehead atoms. The maximum atomic E-state index is 12.2. The summed E-state index contributed by atoms with van der Waals surface area (Å²) in [5, 5.41) is 2.89. The van der Waals surface area contributed by atoms with Gasteiger partial charge < -0.3 is 11.1 Å². The van der Waals surface area contributed by atoms with E-state index in [4.69, 9.17) is 5.73 Å². The monoisotopic (exact) mass is 318 g/mol. The predicted molar refractivity (Wildman–Crippen MR) is 94.5 cm³/mol. The second kappa shape index (κ2) is 7.97. The van der Waals surface area contributed by atoms with Crippen LogP contribution >= 0.6 is 12.4 Å². The van der Waals surface area contributed by atoms with Crippen molar-refractivity contribution in [2.45, 2.75) is 32.7 Å². The molecular formula is C18H23ClN2O. The fourth-order valence-electron chi connectivity index (χ4n) is 2.12. The fraction of sp³-hybridized carbons (Fsp3) is 0.278. The lowest BCUT2D eigenvalue weighted by molar-refractivity contribution is -0.117. The zero-order chi connectivity index (χ0) is 15.4. The first-order chi connectivity index (χ1) is 9.97. The number of nitrogens with one attached hydrogen (secondary N) is 1. The average molecular weight is 319 g/mol. The largest absolute Gasteiger partial charge is 0.324 e. The number of hydrogen-bond donors (Lipinski definition) is 2. The molecule has 0 aromatic heterocycles. The van der Waals surface area contributed by atoms with E-state index in [0.29, 0.717) is 5.92 Å². The number of halogens is 1. The van der Waals surface area contributed by atoms with E-state index >= 15 is 0 Å². The molecule has 3 N–H and O–H groups in total. The van der Waals surface area contributed by atoms with E-state index in [1.807, 2.05) is 49.4 Å². The van der Waals surface area contributed by atoms with Gasteiger partial charge in [0.2, 0.25) is 5.91 Å². The number of hydrogen-bond acceptors (Lipinski definition) is 2. The van der Waals surface area contributed by atoms with Crippen molar-refractivity contribution in [3.63, 3.8) is 0 Å². The first-order valence-electron chi connectivity index (χ1n) is 7.20. The van der Waals surface area contributed by atoms with Crippen LogP contribution in [0.2, 0.25) is 0 Å². The maximum Gasteiger partial charge on any atom is 0.245 e. The third kappa shape index (κ3) is 4.58. The van der Waals surface area contributed by atoms with Crippen LogP contribution in [0.1, 0.15) is 42.5 Å². The Bertz CT molecular complexity index is 623. The molecule has 2 rings (SSSR count). The van der Waals surface area contributed by atoms with Gasteiger partial charge in [0.25, 0.3) is 0 Å². The first-order valence-corrected chi connectivity index (χ1v) is 7.20. The normalized spacial score (nSPS) is 11.7. The molecule has 4 heteroatoms. The fourth-order valence-corrected chi connectivity index (χ4v) is 2.12. The van der Waals surface area contributed by atoms with Crippen molar-refractivity contribution in [3.05, 3.63) is 65.2 Å². The minimum absolute atomic E-state index is 0. The molecule has 1 atom stereocenters. The van der Waals surface area contributed by atoms with Crippen molar-refractivity contribution in [2.75, 3.05) is 5.32 Å². The van der Waals surface area contributed by atoms with Crippen molar-refractivity contribution < 1.29 is 4.79 Å². The van der Waals surface area contributed by atoms with Crippen LogP contribution in [0.15, 0.2) is 48.5 Å². The molecule has 0 fully saturated rings. The molecule has 0 heterocycles. The van der Waals surface area contributed by atoms with Crippen LogP contribution in [0, 0.1) is 6.92 Å². The van der Waals surface area contributed by atoms with Gasteiger partial charge in [-0.05, 0) is 36.1 Å². The summed E-state index contributed by atoms with van der Waals surface area (Å²) in [4.78, 5) is 12.2. The third-order valence-corrected chi connectivity index (χ3v) is 3.54. The Morgan fingerprint density at radius 3 is 2.27 bits per heavy atom. The van der Waals surface area contributed by atoms with Crippen molar-refractivity contribution in [3.8, 4) is 0 Å². The van der Waals surface area contributed by atoms with Gasteiger partial charge in [-0.15, -0.1) is 12.4 Å². The Morgan fingerprint density at radius 2 is 1.68 bits per heavy atom. The molecule has 3 nitrogen and oxygen atoms in total. The summed E-state index contributed by atoms with van der Waals surface area (Å²) in [7, 11) is 0. The molecule has 1 unspecified atom stereocenters. The molecule has 2 aromatic carbocycles. The smallest absolute Gasteiger partial charge is 0.245 e. The minimum atomic E-state index is -0.659. The van der Waals surface area contributed by atoms with E-state index in [9.17, 15) is 4.79 Å². The Morgan fingerprint density at radius 1 is 1.05 bits per heavy atom. The van der Waals surface area contributed by atoms with Gasteiger partial charge in [0, 0.05) is 5.69 Å². The van der Waals surface area contributed by atoms with Crippen LogP contribution < -0.4 is 11.1 Å². The summed E-state index contributed by atoms with van der Waals surface area (Å²) in [6.45, 7) is 6.25. The van der Waals surface area contributed by atoms with E-state index in [-0.39, 0.29) is 18.3 Å². The molecule has 2 aromatic rings. The summed E-state index contributed by atoms with van der Waals surface area (Å²) >= 11 is 0. The van der Waals surface area contributed by atoms with Crippen molar-refractivity contribution in [1.82, 2.24) is 0 Å². The molecule has 0 radical (unpaired) electrons. The number of anilines is 1. The molecule has 0 aliphatic carbocycles. The van der Waals surface area contributed by atoms with E-state index in [2.05, 4.69) is 25.2 Å². The van der Waals surface area contributed by atoms with Gasteiger partial charge in [0.1, 0.15) is 6.04 Å². The standard InChI is InChI=1S/C18H22N2O.ClH/c1-12(2)15-5-4-6-16(11-15)20-18(21)17(19)14-9-7-13(3)8-10-14;/h4-12,17H,19H2,1-3H3,(H,20,21);1H. The van der Waals surface area contributed by atoms with Crippen LogP contribution in [-0.4, -0.2) is 5.91 Å². The van der Waals surface area contributed by atoms with Gasteiger partial charge in [0.05, 0.1) is 0 Å². The molecule has 0 aliphatic rings. The Kier molecular flexibility index (Phi) is 6.60. The minimum Gasteiger partial charge on any atom is -0.324 e. The molecular weight excluding hydrogens is 296 g/mol. The van der Waals surface area contributed by atoms with Gasteiger partial charge in [0.15, 0.2) is 0 Å². The van der Waals surface area contributed by atoms with E-state index < -0.39 is 6.04 Å². The van der Waals surface area contributed by atoms with Crippen LogP contribution in [0.4, 0.5) is 5.69 Å². The Labute approximate surface area is 138 Å². The molecule has 0 spiro atoms. The maximum absolute atomic E-state index is 12.2. The summed E-state index contributed by atoms with van der Waals surface area (Å²) in [5.41, 5.74) is 9.97. The molecule has 0 saturated carbocycles. The Balaban J connectivity index is 0.00000242. The highest BCUT2D eigenvalue weighted by atomic mass is 35.5. The SMILES string of the molecule is Cc1ccc(C(N)C(=O)Nc2cccc(C(C)C)c2)cc1.Cl.